The predicted molar refractivity (Wildman–Crippen MR) is 102 cm³/mol. The quantitative estimate of drug-likeness (QED) is 0.757. The maximum Gasteiger partial charge on any atom is 0.157 e. The normalized spacial score (nSPS) is 24.5. The van der Waals surface area contributed by atoms with Crippen molar-refractivity contribution in [2.75, 3.05) is 7.11 Å². The van der Waals surface area contributed by atoms with Gasteiger partial charge < -0.3 is 9.15 Å². The Balaban J connectivity index is 1.54. The summed E-state index contributed by atoms with van der Waals surface area (Å²) in [5.41, 5.74) is 1.18. The van der Waals surface area contributed by atoms with E-state index in [2.05, 4.69) is 0 Å². The van der Waals surface area contributed by atoms with Crippen molar-refractivity contribution in [3.05, 3.63) is 77.3 Å². The maximum atomic E-state index is 12.8. The number of Topliss-reactive ketones (excluding diaryl/α,β-unsaturated/α-hetero) is 1. The molecule has 0 amide bonds. The number of allylic oxidation sites excluding steroid dienone is 4. The van der Waals surface area contributed by atoms with Gasteiger partial charge in [-0.2, -0.15) is 0 Å². The van der Waals surface area contributed by atoms with Crippen molar-refractivity contribution in [2.24, 2.45) is 5.41 Å². The van der Waals surface area contributed by atoms with Crippen molar-refractivity contribution in [3.8, 4) is 5.75 Å². The lowest BCUT2D eigenvalue weighted by Crippen LogP contribution is -2.33. The Morgan fingerprint density at radius 1 is 1.19 bits per heavy atom. The first-order chi connectivity index (χ1) is 13.0. The highest BCUT2D eigenvalue weighted by Gasteiger charge is 2.45. The van der Waals surface area contributed by atoms with Gasteiger partial charge in [0.05, 0.1) is 12.5 Å². The van der Waals surface area contributed by atoms with Crippen molar-refractivity contribution in [1.29, 1.82) is 0 Å². The lowest BCUT2D eigenvalue weighted by Gasteiger charge is -2.30. The van der Waals surface area contributed by atoms with Crippen molar-refractivity contribution in [2.45, 2.75) is 32.1 Å². The highest BCUT2D eigenvalue weighted by atomic mass is 16.5. The molecule has 0 bridgehead atoms. The molecule has 2 aliphatic rings. The minimum absolute atomic E-state index is 0.0287. The first-order valence-corrected chi connectivity index (χ1v) is 9.16. The molecule has 2 aromatic rings. The summed E-state index contributed by atoms with van der Waals surface area (Å²) in [6.45, 7) is 1.87. The fraction of sp³-hybridized carbons (Fsp3) is 0.304. The van der Waals surface area contributed by atoms with Gasteiger partial charge in [-0.05, 0) is 31.2 Å². The van der Waals surface area contributed by atoms with Gasteiger partial charge in [-0.1, -0.05) is 35.9 Å². The van der Waals surface area contributed by atoms with Gasteiger partial charge >= 0.3 is 0 Å². The Morgan fingerprint density at radius 3 is 2.70 bits per heavy atom. The third-order valence-corrected chi connectivity index (χ3v) is 5.66. The lowest BCUT2D eigenvalue weighted by atomic mass is 9.70. The molecule has 2 aliphatic carbocycles. The van der Waals surface area contributed by atoms with E-state index in [1.54, 1.807) is 13.2 Å². The van der Waals surface area contributed by atoms with Crippen molar-refractivity contribution < 1.29 is 18.7 Å². The average Bonchev–Trinajstić information content (AvgIpc) is 3.23. The van der Waals surface area contributed by atoms with Crippen LogP contribution in [0.25, 0.3) is 0 Å². The number of furan rings is 1. The van der Waals surface area contributed by atoms with E-state index in [0.717, 1.165) is 28.4 Å². The molecule has 138 valence electrons. The number of hydrogen-bond acceptors (Lipinski definition) is 4. The Labute approximate surface area is 158 Å². The fourth-order valence-electron chi connectivity index (χ4n) is 4.09. The van der Waals surface area contributed by atoms with E-state index in [1.807, 2.05) is 55.5 Å². The lowest BCUT2D eigenvalue weighted by molar-refractivity contribution is -0.128. The predicted octanol–water partition coefficient (Wildman–Crippen LogP) is 4.40. The number of para-hydroxylation sites is 1. The Kier molecular flexibility index (Phi) is 4.34. The van der Waals surface area contributed by atoms with E-state index in [0.29, 0.717) is 12.8 Å². The van der Waals surface area contributed by atoms with Crippen LogP contribution >= 0.6 is 0 Å². The molecule has 0 radical (unpaired) electrons. The van der Waals surface area contributed by atoms with Gasteiger partial charge in [0.2, 0.25) is 0 Å². The second-order valence-electron chi connectivity index (χ2n) is 7.33. The summed E-state index contributed by atoms with van der Waals surface area (Å²) in [5.74, 6) is 2.49. The van der Waals surface area contributed by atoms with Crippen LogP contribution in [-0.4, -0.2) is 18.7 Å². The van der Waals surface area contributed by atoms with Gasteiger partial charge in [0.15, 0.2) is 5.78 Å². The number of carbonyl (C=O) groups excluding carboxylic acids is 2. The highest BCUT2D eigenvalue weighted by Crippen LogP contribution is 2.45. The van der Waals surface area contributed by atoms with E-state index in [1.165, 1.54) is 0 Å². The molecular formula is C23H22O4. The van der Waals surface area contributed by atoms with Gasteiger partial charge in [-0.15, -0.1) is 0 Å². The number of carbonyl (C=O) groups is 2. The van der Waals surface area contributed by atoms with Crippen LogP contribution in [0.5, 0.6) is 5.75 Å². The zero-order valence-electron chi connectivity index (χ0n) is 15.5. The monoisotopic (exact) mass is 362 g/mol. The molecule has 0 saturated heterocycles. The summed E-state index contributed by atoms with van der Waals surface area (Å²) in [4.78, 5) is 24.6. The Bertz CT molecular complexity index is 962. The van der Waals surface area contributed by atoms with E-state index in [4.69, 9.17) is 9.15 Å². The highest BCUT2D eigenvalue weighted by molar-refractivity contribution is 6.04. The van der Waals surface area contributed by atoms with E-state index < -0.39 is 5.41 Å². The summed E-state index contributed by atoms with van der Waals surface area (Å²) in [7, 11) is 1.66. The average molecular weight is 362 g/mol. The van der Waals surface area contributed by atoms with Crippen LogP contribution in [-0.2, 0) is 16.0 Å². The molecule has 0 fully saturated rings. The summed E-state index contributed by atoms with van der Waals surface area (Å²) >= 11 is 0. The van der Waals surface area contributed by atoms with Crippen LogP contribution in [0.1, 0.15) is 42.8 Å². The zero-order valence-corrected chi connectivity index (χ0v) is 15.5. The van der Waals surface area contributed by atoms with Gasteiger partial charge in [0.1, 0.15) is 23.1 Å². The molecule has 1 aromatic carbocycles. The summed E-state index contributed by atoms with van der Waals surface area (Å²) in [6.07, 6.45) is 6.77. The van der Waals surface area contributed by atoms with Crippen LogP contribution in [0.4, 0.5) is 0 Å². The minimum Gasteiger partial charge on any atom is -0.496 e. The molecule has 0 aliphatic heterocycles. The van der Waals surface area contributed by atoms with Crippen LogP contribution in [0, 0.1) is 5.41 Å². The molecule has 0 N–H and O–H groups in total. The van der Waals surface area contributed by atoms with Crippen molar-refractivity contribution in [3.63, 3.8) is 0 Å². The van der Waals surface area contributed by atoms with E-state index in [-0.39, 0.29) is 23.9 Å². The number of methoxy groups -OCH3 is 1. The summed E-state index contributed by atoms with van der Waals surface area (Å²) in [5, 5.41) is 0. The van der Waals surface area contributed by atoms with Crippen LogP contribution in [0.2, 0.25) is 0 Å². The third kappa shape index (κ3) is 3.05. The summed E-state index contributed by atoms with van der Waals surface area (Å²) < 4.78 is 11.4. The second-order valence-corrected chi connectivity index (χ2v) is 7.33. The van der Waals surface area contributed by atoms with Gasteiger partial charge in [-0.25, -0.2) is 0 Å². The molecule has 1 aromatic heterocycles. The Hall–Kier alpha value is -2.88. The number of ketones is 2. The largest absolute Gasteiger partial charge is 0.496 e. The summed E-state index contributed by atoms with van der Waals surface area (Å²) in [6, 6.07) is 11.7. The SMILES string of the molecule is COc1ccccc1Cc1ccc(C2C=CC3(CC(=O)C=C3C)C(=O)C2)o1. The number of benzene rings is 1. The molecule has 0 saturated carbocycles. The van der Waals surface area contributed by atoms with Gasteiger partial charge in [0, 0.05) is 30.7 Å². The smallest absolute Gasteiger partial charge is 0.157 e. The minimum atomic E-state index is -0.722. The fourth-order valence-corrected chi connectivity index (χ4v) is 4.09. The molecular weight excluding hydrogens is 340 g/mol. The zero-order chi connectivity index (χ0) is 19.0. The third-order valence-electron chi connectivity index (χ3n) is 5.66. The molecule has 2 unspecified atom stereocenters. The van der Waals surface area contributed by atoms with Crippen molar-refractivity contribution >= 4 is 11.6 Å². The van der Waals surface area contributed by atoms with E-state index in [9.17, 15) is 9.59 Å². The van der Waals surface area contributed by atoms with Crippen LogP contribution < -0.4 is 4.74 Å². The molecule has 4 heteroatoms. The van der Waals surface area contributed by atoms with E-state index >= 15 is 0 Å². The molecule has 1 spiro atoms. The van der Waals surface area contributed by atoms with Crippen LogP contribution in [0.15, 0.2) is 64.6 Å². The Morgan fingerprint density at radius 2 is 2.00 bits per heavy atom. The number of ether oxygens (including phenoxy) is 1. The maximum absolute atomic E-state index is 12.8. The standard InChI is InChI=1S/C23H22O4/c1-15-11-18(24)14-23(15)10-9-17(13-22(23)25)21-8-7-19(27-21)12-16-5-3-4-6-20(16)26-2/h3-11,17H,12-14H2,1-2H3. The van der Waals surface area contributed by atoms with Gasteiger partial charge in [0.25, 0.3) is 0 Å². The van der Waals surface area contributed by atoms with Crippen molar-refractivity contribution in [1.82, 2.24) is 0 Å². The second kappa shape index (κ2) is 6.69. The topological polar surface area (TPSA) is 56.5 Å². The molecule has 4 rings (SSSR count). The number of rotatable bonds is 4. The molecule has 1 heterocycles. The molecule has 4 nitrogen and oxygen atoms in total. The molecule has 27 heavy (non-hydrogen) atoms. The number of hydrogen-bond donors (Lipinski definition) is 0. The molecule has 2 atom stereocenters. The van der Waals surface area contributed by atoms with Crippen LogP contribution in [0.3, 0.4) is 0 Å². The first-order valence-electron chi connectivity index (χ1n) is 9.16. The first kappa shape index (κ1) is 17.5. The van der Waals surface area contributed by atoms with Gasteiger partial charge in [-0.3, -0.25) is 9.59 Å².